The van der Waals surface area contributed by atoms with Crippen LogP contribution in [0.5, 0.6) is 0 Å². The summed E-state index contributed by atoms with van der Waals surface area (Å²) in [4.78, 5) is 1.32. The van der Waals surface area contributed by atoms with E-state index in [0.29, 0.717) is 6.54 Å². The van der Waals surface area contributed by atoms with E-state index in [0.717, 1.165) is 36.1 Å². The normalized spacial score (nSPS) is 24.6. The summed E-state index contributed by atoms with van der Waals surface area (Å²) in [5.74, 6) is -0.443. The van der Waals surface area contributed by atoms with E-state index in [1.165, 1.54) is 5.56 Å². The zero-order chi connectivity index (χ0) is 19.1. The summed E-state index contributed by atoms with van der Waals surface area (Å²) in [5, 5.41) is 4.19. The molecule has 0 saturated carbocycles. The van der Waals surface area contributed by atoms with Gasteiger partial charge in [-0.3, -0.25) is 0 Å². The standard InChI is InChI=1S/C19H23NO4S3/c21-26(22)12-18(20-11-16-6-3-9-25-16)19(13-26)27(23,24)17-8-7-14-4-1-2-5-15(14)10-17/h3,6-10,18-20H,1-2,4-5,11-13H2/t18-,19-/m0/s1. The Kier molecular flexibility index (Phi) is 5.18. The summed E-state index contributed by atoms with van der Waals surface area (Å²) >= 11 is 1.57. The van der Waals surface area contributed by atoms with Gasteiger partial charge in [-0.05, 0) is 60.4 Å². The van der Waals surface area contributed by atoms with Crippen LogP contribution in [0.1, 0.15) is 28.8 Å². The smallest absolute Gasteiger partial charge is 0.183 e. The van der Waals surface area contributed by atoms with Gasteiger partial charge >= 0.3 is 0 Å². The summed E-state index contributed by atoms with van der Waals surface area (Å²) in [5.41, 5.74) is 2.30. The van der Waals surface area contributed by atoms with Crippen molar-refractivity contribution in [1.82, 2.24) is 5.32 Å². The molecule has 0 unspecified atom stereocenters. The highest BCUT2D eigenvalue weighted by Gasteiger charge is 2.45. The van der Waals surface area contributed by atoms with Crippen LogP contribution in [0.4, 0.5) is 0 Å². The molecule has 2 aliphatic rings. The van der Waals surface area contributed by atoms with E-state index in [4.69, 9.17) is 0 Å². The van der Waals surface area contributed by atoms with Gasteiger partial charge in [0.15, 0.2) is 19.7 Å². The molecule has 0 bridgehead atoms. The van der Waals surface area contributed by atoms with Crippen LogP contribution in [-0.2, 0) is 39.1 Å². The molecule has 1 aliphatic heterocycles. The first kappa shape index (κ1) is 19.1. The lowest BCUT2D eigenvalue weighted by Crippen LogP contribution is -2.42. The van der Waals surface area contributed by atoms with Crippen LogP contribution < -0.4 is 5.32 Å². The minimum atomic E-state index is -3.72. The molecule has 5 nitrogen and oxygen atoms in total. The van der Waals surface area contributed by atoms with Gasteiger partial charge in [0, 0.05) is 17.5 Å². The summed E-state index contributed by atoms with van der Waals surface area (Å²) in [7, 11) is -7.10. The van der Waals surface area contributed by atoms with E-state index in [-0.39, 0.29) is 16.4 Å². The molecule has 8 heteroatoms. The van der Waals surface area contributed by atoms with Crippen molar-refractivity contribution in [3.8, 4) is 0 Å². The first-order valence-corrected chi connectivity index (χ1v) is 13.4. The van der Waals surface area contributed by atoms with E-state index < -0.39 is 31.0 Å². The molecule has 1 aromatic carbocycles. The number of benzene rings is 1. The van der Waals surface area contributed by atoms with Crippen LogP contribution >= 0.6 is 11.3 Å². The molecule has 1 fully saturated rings. The summed E-state index contributed by atoms with van der Waals surface area (Å²) < 4.78 is 51.0. The zero-order valence-corrected chi connectivity index (χ0v) is 17.4. The number of thiophene rings is 1. The zero-order valence-electron chi connectivity index (χ0n) is 14.9. The lowest BCUT2D eigenvalue weighted by Gasteiger charge is -2.21. The molecule has 2 heterocycles. The Morgan fingerprint density at radius 1 is 1.07 bits per heavy atom. The molecule has 2 atom stereocenters. The Labute approximate surface area is 164 Å². The first-order chi connectivity index (χ1) is 12.9. The van der Waals surface area contributed by atoms with Crippen LogP contribution in [0.2, 0.25) is 0 Å². The third-order valence-corrected chi connectivity index (χ3v) is 10.5. The number of aryl methyl sites for hydroxylation is 2. The van der Waals surface area contributed by atoms with Crippen molar-refractivity contribution in [3.63, 3.8) is 0 Å². The highest BCUT2D eigenvalue weighted by molar-refractivity contribution is 7.96. The van der Waals surface area contributed by atoms with Gasteiger partial charge in [0.2, 0.25) is 0 Å². The van der Waals surface area contributed by atoms with Gasteiger partial charge in [-0.1, -0.05) is 12.1 Å². The van der Waals surface area contributed by atoms with Crippen LogP contribution in [0.15, 0.2) is 40.6 Å². The molecule has 0 spiro atoms. The van der Waals surface area contributed by atoms with Crippen molar-refractivity contribution in [3.05, 3.63) is 51.7 Å². The van der Waals surface area contributed by atoms with Gasteiger partial charge in [-0.25, -0.2) is 16.8 Å². The largest absolute Gasteiger partial charge is 0.307 e. The van der Waals surface area contributed by atoms with E-state index >= 15 is 0 Å². The summed E-state index contributed by atoms with van der Waals surface area (Å²) in [6.07, 6.45) is 4.08. The number of rotatable bonds is 5. The molecule has 0 radical (unpaired) electrons. The van der Waals surface area contributed by atoms with Crippen LogP contribution in [-0.4, -0.2) is 39.6 Å². The average molecular weight is 426 g/mol. The lowest BCUT2D eigenvalue weighted by molar-refractivity contribution is 0.527. The minimum absolute atomic E-state index is 0.132. The third kappa shape index (κ3) is 3.99. The van der Waals surface area contributed by atoms with Crippen molar-refractivity contribution < 1.29 is 16.8 Å². The molecule has 4 rings (SSSR count). The Hall–Kier alpha value is -1.22. The Morgan fingerprint density at radius 3 is 2.59 bits per heavy atom. The highest BCUT2D eigenvalue weighted by Crippen LogP contribution is 2.30. The maximum absolute atomic E-state index is 13.3. The van der Waals surface area contributed by atoms with Crippen LogP contribution in [0, 0.1) is 0 Å². The number of sulfone groups is 2. The molecule has 146 valence electrons. The molecule has 1 saturated heterocycles. The number of fused-ring (bicyclic) bond motifs is 1. The lowest BCUT2D eigenvalue weighted by atomic mass is 9.92. The predicted octanol–water partition coefficient (Wildman–Crippen LogP) is 2.36. The fourth-order valence-electron chi connectivity index (χ4n) is 4.02. The molecule has 0 amide bonds. The number of hydrogen-bond acceptors (Lipinski definition) is 6. The van der Waals surface area contributed by atoms with E-state index in [9.17, 15) is 16.8 Å². The minimum Gasteiger partial charge on any atom is -0.307 e. The fraction of sp³-hybridized carbons (Fsp3) is 0.474. The molecular formula is C19H23NO4S3. The van der Waals surface area contributed by atoms with Crippen molar-refractivity contribution >= 4 is 31.0 Å². The van der Waals surface area contributed by atoms with Gasteiger partial charge in [0.1, 0.15) is 0 Å². The van der Waals surface area contributed by atoms with Gasteiger partial charge in [-0.2, -0.15) is 0 Å². The molecular weight excluding hydrogens is 402 g/mol. The number of hydrogen-bond donors (Lipinski definition) is 1. The third-order valence-electron chi connectivity index (χ3n) is 5.47. The molecule has 1 N–H and O–H groups in total. The predicted molar refractivity (Wildman–Crippen MR) is 108 cm³/mol. The second kappa shape index (κ2) is 7.31. The fourth-order valence-corrected chi connectivity index (χ4v) is 9.44. The first-order valence-electron chi connectivity index (χ1n) is 9.17. The topological polar surface area (TPSA) is 80.3 Å². The second-order valence-corrected chi connectivity index (χ2v) is 12.7. The molecule has 27 heavy (non-hydrogen) atoms. The van der Waals surface area contributed by atoms with Gasteiger partial charge < -0.3 is 5.32 Å². The Morgan fingerprint density at radius 2 is 1.85 bits per heavy atom. The highest BCUT2D eigenvalue weighted by atomic mass is 32.2. The quantitative estimate of drug-likeness (QED) is 0.795. The maximum atomic E-state index is 13.3. The van der Waals surface area contributed by atoms with Crippen molar-refractivity contribution in [2.45, 2.75) is 48.4 Å². The van der Waals surface area contributed by atoms with Gasteiger partial charge in [0.25, 0.3) is 0 Å². The second-order valence-electron chi connectivity index (χ2n) is 7.36. The van der Waals surface area contributed by atoms with Crippen LogP contribution in [0.3, 0.4) is 0 Å². The summed E-state index contributed by atoms with van der Waals surface area (Å²) in [6, 6.07) is 8.62. The Bertz CT molecular complexity index is 1030. The monoisotopic (exact) mass is 425 g/mol. The SMILES string of the molecule is O=S1(=O)C[C@H](NCc2cccs2)[C@@H](S(=O)(=O)c2ccc3c(c2)CCCC3)C1. The molecule has 1 aliphatic carbocycles. The van der Waals surface area contributed by atoms with Gasteiger partial charge in [-0.15, -0.1) is 11.3 Å². The van der Waals surface area contributed by atoms with E-state index in [1.807, 2.05) is 23.6 Å². The van der Waals surface area contributed by atoms with Crippen molar-refractivity contribution in [1.29, 1.82) is 0 Å². The average Bonchev–Trinajstić information content (AvgIpc) is 3.26. The van der Waals surface area contributed by atoms with Crippen molar-refractivity contribution in [2.75, 3.05) is 11.5 Å². The summed E-state index contributed by atoms with van der Waals surface area (Å²) in [6.45, 7) is 0.480. The van der Waals surface area contributed by atoms with Gasteiger partial charge in [0.05, 0.1) is 21.7 Å². The van der Waals surface area contributed by atoms with Crippen molar-refractivity contribution in [2.24, 2.45) is 0 Å². The van der Waals surface area contributed by atoms with E-state index in [1.54, 1.807) is 23.5 Å². The maximum Gasteiger partial charge on any atom is 0.183 e. The number of nitrogens with one attached hydrogen (secondary N) is 1. The Balaban J connectivity index is 1.61. The molecule has 2 aromatic rings. The van der Waals surface area contributed by atoms with E-state index in [2.05, 4.69) is 5.32 Å². The molecule has 1 aromatic heterocycles. The van der Waals surface area contributed by atoms with Crippen LogP contribution in [0.25, 0.3) is 0 Å².